The maximum Gasteiger partial charge on any atom is 0.397 e. The number of allylic oxidation sites excluding steroid dienone is 1. The number of rotatable bonds is 38. The molecule has 2 rings (SSSR count). The molecule has 1 saturated heterocycles. The molecule has 0 bridgehead atoms. The summed E-state index contributed by atoms with van der Waals surface area (Å²) in [6, 6.07) is 8.97. The maximum atomic E-state index is 13.5. The number of amides is 1. The number of hydrogen-bond acceptors (Lipinski definition) is 10. The lowest BCUT2D eigenvalue weighted by Crippen LogP contribution is -2.60. The van der Waals surface area contributed by atoms with Crippen molar-refractivity contribution in [3.8, 4) is 0 Å². The van der Waals surface area contributed by atoms with Gasteiger partial charge in [0.2, 0.25) is 5.91 Å². The second-order valence-corrected chi connectivity index (χ2v) is 17.8. The van der Waals surface area contributed by atoms with Crippen molar-refractivity contribution in [2.24, 2.45) is 0 Å². The minimum Gasteiger partial charge on any atom is -0.387 e. The molecule has 7 atom stereocenters. The topological polar surface area (TPSA) is 181 Å². The van der Waals surface area contributed by atoms with Crippen molar-refractivity contribution in [3.63, 3.8) is 0 Å². The Hall–Kier alpha value is -1.94. The van der Waals surface area contributed by atoms with Crippen molar-refractivity contribution in [1.29, 1.82) is 0 Å². The Labute approximate surface area is 363 Å². The molecule has 1 amide bonds. The van der Waals surface area contributed by atoms with Crippen LogP contribution in [0.2, 0.25) is 0 Å². The molecule has 60 heavy (non-hydrogen) atoms. The summed E-state index contributed by atoms with van der Waals surface area (Å²) in [7, 11) is -4.87. The highest BCUT2D eigenvalue weighted by molar-refractivity contribution is 7.80. The largest absolute Gasteiger partial charge is 0.397 e. The lowest BCUT2D eigenvalue weighted by molar-refractivity contribution is -0.301. The summed E-state index contributed by atoms with van der Waals surface area (Å²) < 4.78 is 53.9. The first-order chi connectivity index (χ1) is 29.1. The number of benzene rings is 1. The van der Waals surface area contributed by atoms with Crippen LogP contribution in [-0.4, -0.2) is 90.3 Å². The molecule has 13 heteroatoms. The third kappa shape index (κ3) is 26.5. The quantitative estimate of drug-likeness (QED) is 0.0243. The minimum absolute atomic E-state index is 0.168. The Kier molecular flexibility index (Phi) is 31.2. The van der Waals surface area contributed by atoms with Gasteiger partial charge in [0.1, 0.15) is 24.4 Å². The van der Waals surface area contributed by atoms with Crippen LogP contribution in [0.3, 0.4) is 0 Å². The highest BCUT2D eigenvalue weighted by Crippen LogP contribution is 2.24. The highest BCUT2D eigenvalue weighted by atomic mass is 32.3. The molecule has 1 aliphatic heterocycles. The lowest BCUT2D eigenvalue weighted by atomic mass is 9.99. The van der Waals surface area contributed by atoms with Crippen LogP contribution >= 0.6 is 0 Å². The average molecular weight is 870 g/mol. The van der Waals surface area contributed by atoms with Crippen molar-refractivity contribution in [1.82, 2.24) is 5.32 Å². The van der Waals surface area contributed by atoms with Gasteiger partial charge < -0.3 is 34.8 Å². The normalized spacial score (nSPS) is 20.7. The molecular formula is C47H83NO11S. The molecule has 12 nitrogen and oxygen atoms in total. The zero-order valence-corrected chi connectivity index (χ0v) is 38.0. The molecule has 0 aromatic heterocycles. The van der Waals surface area contributed by atoms with Gasteiger partial charge in [0.25, 0.3) is 0 Å². The van der Waals surface area contributed by atoms with E-state index in [0.717, 1.165) is 50.5 Å². The van der Waals surface area contributed by atoms with Gasteiger partial charge in [-0.2, -0.15) is 8.42 Å². The fraction of sp³-hybridized carbons (Fsp3) is 0.809. The van der Waals surface area contributed by atoms with Gasteiger partial charge >= 0.3 is 10.4 Å². The van der Waals surface area contributed by atoms with E-state index in [-0.39, 0.29) is 19.1 Å². The SMILES string of the molecule is CCCCCCCCCCCCC/C=C/[C@@H](OCc1ccccc1)[C@H](CO[C@@H]1O[C@@H](COS(=O)(=O)O)[C@@H](O)[C@H](O)[C@@H]1O)NC(=O)CCCCCCCCCCCCCCC. The Bertz CT molecular complexity index is 1320. The van der Waals surface area contributed by atoms with E-state index in [1.165, 1.54) is 116 Å². The number of unbranched alkanes of at least 4 members (excludes halogenated alkanes) is 23. The second-order valence-electron chi connectivity index (χ2n) is 16.7. The number of hydrogen-bond donors (Lipinski definition) is 5. The smallest absolute Gasteiger partial charge is 0.387 e. The maximum absolute atomic E-state index is 13.5. The zero-order chi connectivity index (χ0) is 43.7. The van der Waals surface area contributed by atoms with Crippen molar-refractivity contribution in [2.45, 2.75) is 230 Å². The Morgan fingerprint density at radius 3 is 1.73 bits per heavy atom. The molecule has 0 radical (unpaired) electrons. The molecule has 0 aliphatic carbocycles. The van der Waals surface area contributed by atoms with Crippen molar-refractivity contribution >= 4 is 16.3 Å². The van der Waals surface area contributed by atoms with E-state index in [4.69, 9.17) is 18.8 Å². The Morgan fingerprint density at radius 2 is 1.22 bits per heavy atom. The summed E-state index contributed by atoms with van der Waals surface area (Å²) in [6.07, 6.45) is 25.8. The van der Waals surface area contributed by atoms with Crippen LogP contribution in [0.5, 0.6) is 0 Å². The predicted octanol–water partition coefficient (Wildman–Crippen LogP) is 9.44. The summed E-state index contributed by atoms with van der Waals surface area (Å²) in [6.45, 7) is 3.72. The van der Waals surface area contributed by atoms with E-state index in [2.05, 4.69) is 29.4 Å². The van der Waals surface area contributed by atoms with E-state index in [9.17, 15) is 28.5 Å². The highest BCUT2D eigenvalue weighted by Gasteiger charge is 2.45. The molecular weight excluding hydrogens is 787 g/mol. The van der Waals surface area contributed by atoms with Crippen LogP contribution in [-0.2, 0) is 40.2 Å². The van der Waals surface area contributed by atoms with E-state index < -0.39 is 59.9 Å². The molecule has 0 spiro atoms. The van der Waals surface area contributed by atoms with Crippen LogP contribution in [0.4, 0.5) is 0 Å². The van der Waals surface area contributed by atoms with Crippen molar-refractivity contribution < 1.29 is 51.5 Å². The van der Waals surface area contributed by atoms with Gasteiger partial charge in [0, 0.05) is 6.42 Å². The average Bonchev–Trinajstić information content (AvgIpc) is 3.23. The van der Waals surface area contributed by atoms with Crippen LogP contribution in [0.25, 0.3) is 0 Å². The van der Waals surface area contributed by atoms with Gasteiger partial charge in [0.15, 0.2) is 6.29 Å². The number of aliphatic hydroxyl groups excluding tert-OH is 3. The molecule has 0 unspecified atom stereocenters. The van der Waals surface area contributed by atoms with Gasteiger partial charge in [-0.05, 0) is 24.8 Å². The van der Waals surface area contributed by atoms with Gasteiger partial charge in [-0.15, -0.1) is 0 Å². The fourth-order valence-electron chi connectivity index (χ4n) is 7.57. The second kappa shape index (κ2) is 34.5. The summed E-state index contributed by atoms with van der Waals surface area (Å²) in [5.41, 5.74) is 0.948. The molecule has 1 aliphatic rings. The molecule has 348 valence electrons. The van der Waals surface area contributed by atoms with Crippen LogP contribution < -0.4 is 5.32 Å². The van der Waals surface area contributed by atoms with E-state index in [1.54, 1.807) is 0 Å². The summed E-state index contributed by atoms with van der Waals surface area (Å²) in [5, 5.41) is 34.8. The molecule has 1 aromatic carbocycles. The van der Waals surface area contributed by atoms with Crippen LogP contribution in [0.15, 0.2) is 42.5 Å². The number of carbonyl (C=O) groups excluding carboxylic acids is 1. The van der Waals surface area contributed by atoms with E-state index in [0.29, 0.717) is 6.42 Å². The molecule has 1 heterocycles. The first kappa shape index (κ1) is 54.2. The standard InChI is InChI=1S/C47H83NO11S/c1-3-5-7-9-11-13-15-17-19-21-23-25-30-34-41(56-36-39-32-28-27-29-33-39)40(37-57-47-46(52)45(51)44(50)42(59-47)38-58-60(53,54)55)48-43(49)35-31-26-24-22-20-18-16-14-12-10-8-6-4-2/h27-30,32-34,40-42,44-47,50-52H,3-26,31,35-38H2,1-2H3,(H,48,49)(H,53,54,55)/b34-30+/t40-,41+,42-,44+,45-,46-,47+/m0/s1. The van der Waals surface area contributed by atoms with Crippen molar-refractivity contribution in [3.05, 3.63) is 48.0 Å². The third-order valence-electron chi connectivity index (χ3n) is 11.3. The van der Waals surface area contributed by atoms with E-state index in [1.807, 2.05) is 36.4 Å². The zero-order valence-electron chi connectivity index (χ0n) is 37.1. The fourth-order valence-corrected chi connectivity index (χ4v) is 7.88. The summed E-state index contributed by atoms with van der Waals surface area (Å²) >= 11 is 0. The summed E-state index contributed by atoms with van der Waals surface area (Å²) in [5.74, 6) is -0.168. The first-order valence-corrected chi connectivity index (χ1v) is 25.0. The van der Waals surface area contributed by atoms with Gasteiger partial charge in [0.05, 0.1) is 32.0 Å². The number of aliphatic hydroxyl groups is 3. The molecule has 1 aromatic rings. The number of nitrogens with one attached hydrogen (secondary N) is 1. The van der Waals surface area contributed by atoms with Gasteiger partial charge in [-0.1, -0.05) is 198 Å². The molecule has 1 fully saturated rings. The van der Waals surface area contributed by atoms with Gasteiger partial charge in [-0.3, -0.25) is 9.35 Å². The van der Waals surface area contributed by atoms with Crippen LogP contribution in [0, 0.1) is 0 Å². The first-order valence-electron chi connectivity index (χ1n) is 23.6. The van der Waals surface area contributed by atoms with Gasteiger partial charge in [-0.25, -0.2) is 4.18 Å². The minimum atomic E-state index is -4.87. The lowest BCUT2D eigenvalue weighted by Gasteiger charge is -2.40. The third-order valence-corrected chi connectivity index (χ3v) is 11.8. The monoisotopic (exact) mass is 870 g/mol. The predicted molar refractivity (Wildman–Crippen MR) is 238 cm³/mol. The Morgan fingerprint density at radius 1 is 0.717 bits per heavy atom. The number of ether oxygens (including phenoxy) is 3. The molecule has 5 N–H and O–H groups in total. The van der Waals surface area contributed by atoms with Crippen LogP contribution in [0.1, 0.15) is 186 Å². The van der Waals surface area contributed by atoms with Crippen molar-refractivity contribution in [2.75, 3.05) is 13.2 Å². The Balaban J connectivity index is 2.03. The summed E-state index contributed by atoms with van der Waals surface area (Å²) in [4.78, 5) is 13.5. The van der Waals surface area contributed by atoms with E-state index >= 15 is 0 Å². The molecule has 0 saturated carbocycles. The number of carbonyl (C=O) groups is 1.